The Labute approximate surface area is 274 Å². The fourth-order valence-corrected chi connectivity index (χ4v) is 6.89. The molecule has 2 aromatic carbocycles. The van der Waals surface area contributed by atoms with Crippen molar-refractivity contribution in [1.82, 2.24) is 19.8 Å². The number of benzene rings is 2. The number of halogens is 1. The maximum atomic E-state index is 13.2. The number of para-hydroxylation sites is 1. The zero-order chi connectivity index (χ0) is 31.9. The molecule has 0 bridgehead atoms. The van der Waals surface area contributed by atoms with Crippen molar-refractivity contribution in [2.24, 2.45) is 0 Å². The number of carbonyl (C=O) groups excluding carboxylic acids is 1. The molecule has 1 aliphatic rings. The van der Waals surface area contributed by atoms with Crippen molar-refractivity contribution in [2.75, 3.05) is 60.1 Å². The SMILES string of the molecule is CCOC(=O)[C@@H](Cc1ccccc1OC)Oc1ncnc2sc(CC)c(-c3ccc(OCCN4CCN(C)CC4)c(Cl)c3C)c12. The van der Waals surface area contributed by atoms with Crippen LogP contribution in [0.25, 0.3) is 21.3 Å². The number of aromatic nitrogens is 2. The lowest BCUT2D eigenvalue weighted by atomic mass is 9.97. The second-order valence-corrected chi connectivity index (χ2v) is 12.5. The summed E-state index contributed by atoms with van der Waals surface area (Å²) in [5.74, 6) is 1.18. The van der Waals surface area contributed by atoms with Crippen LogP contribution < -0.4 is 14.2 Å². The van der Waals surface area contributed by atoms with Crippen LogP contribution >= 0.6 is 22.9 Å². The van der Waals surface area contributed by atoms with Crippen molar-refractivity contribution < 1.29 is 23.7 Å². The Morgan fingerprint density at radius 1 is 1.07 bits per heavy atom. The zero-order valence-corrected chi connectivity index (χ0v) is 28.2. The van der Waals surface area contributed by atoms with Crippen molar-refractivity contribution in [3.05, 3.63) is 63.8 Å². The highest BCUT2D eigenvalue weighted by molar-refractivity contribution is 7.19. The lowest BCUT2D eigenvalue weighted by Gasteiger charge is -2.32. The first-order chi connectivity index (χ1) is 21.8. The molecule has 1 saturated heterocycles. The van der Waals surface area contributed by atoms with Crippen molar-refractivity contribution in [2.45, 2.75) is 39.7 Å². The molecule has 11 heteroatoms. The molecule has 0 spiro atoms. The second kappa shape index (κ2) is 15.2. The first-order valence-corrected chi connectivity index (χ1v) is 16.6. The fourth-order valence-electron chi connectivity index (χ4n) is 5.59. The number of carbonyl (C=O) groups is 1. The summed E-state index contributed by atoms with van der Waals surface area (Å²) >= 11 is 8.53. The molecule has 1 aliphatic heterocycles. The normalized spacial score (nSPS) is 14.8. The van der Waals surface area contributed by atoms with Crippen molar-refractivity contribution >= 4 is 39.1 Å². The van der Waals surface area contributed by atoms with Gasteiger partial charge in [0.1, 0.15) is 29.3 Å². The highest BCUT2D eigenvalue weighted by Crippen LogP contribution is 2.45. The van der Waals surface area contributed by atoms with Gasteiger partial charge in [-0.3, -0.25) is 4.90 Å². The van der Waals surface area contributed by atoms with Gasteiger partial charge in [-0.05, 0) is 56.1 Å². The number of rotatable bonds is 13. The van der Waals surface area contributed by atoms with Crippen LogP contribution in [0, 0.1) is 6.92 Å². The number of likely N-dealkylation sites (N-methyl/N-ethyl adjacent to an activating group) is 1. The summed E-state index contributed by atoms with van der Waals surface area (Å²) in [6, 6.07) is 11.5. The van der Waals surface area contributed by atoms with E-state index >= 15 is 0 Å². The molecule has 5 rings (SSSR count). The van der Waals surface area contributed by atoms with E-state index in [9.17, 15) is 4.79 Å². The van der Waals surface area contributed by atoms with E-state index in [0.717, 1.165) is 76.5 Å². The van der Waals surface area contributed by atoms with E-state index in [0.29, 0.717) is 29.0 Å². The number of methoxy groups -OCH3 is 1. The number of ether oxygens (including phenoxy) is 4. The molecule has 0 N–H and O–H groups in total. The van der Waals surface area contributed by atoms with Gasteiger partial charge >= 0.3 is 5.97 Å². The van der Waals surface area contributed by atoms with Crippen LogP contribution in [-0.2, 0) is 22.4 Å². The number of thiophene rings is 1. The van der Waals surface area contributed by atoms with E-state index in [1.165, 1.54) is 6.33 Å². The molecule has 240 valence electrons. The largest absolute Gasteiger partial charge is 0.496 e. The molecular formula is C34H41ClN4O5S. The van der Waals surface area contributed by atoms with Gasteiger partial charge in [-0.1, -0.05) is 42.8 Å². The molecule has 0 saturated carbocycles. The Morgan fingerprint density at radius 2 is 1.84 bits per heavy atom. The minimum absolute atomic E-state index is 0.231. The molecule has 0 unspecified atom stereocenters. The average Bonchev–Trinajstić information content (AvgIpc) is 3.43. The minimum Gasteiger partial charge on any atom is -0.496 e. The van der Waals surface area contributed by atoms with Crippen molar-refractivity contribution in [1.29, 1.82) is 0 Å². The molecule has 0 aliphatic carbocycles. The molecule has 9 nitrogen and oxygen atoms in total. The van der Waals surface area contributed by atoms with Gasteiger partial charge in [-0.25, -0.2) is 14.8 Å². The summed E-state index contributed by atoms with van der Waals surface area (Å²) in [5.41, 5.74) is 3.63. The number of esters is 1. The number of nitrogens with zero attached hydrogens (tertiary/aromatic N) is 4. The molecule has 1 atom stereocenters. The zero-order valence-electron chi connectivity index (χ0n) is 26.6. The second-order valence-electron chi connectivity index (χ2n) is 11.0. The average molecular weight is 653 g/mol. The third-order valence-corrected chi connectivity index (χ3v) is 9.84. The summed E-state index contributed by atoms with van der Waals surface area (Å²) in [5, 5.41) is 1.32. The Balaban J connectivity index is 1.46. The van der Waals surface area contributed by atoms with E-state index in [-0.39, 0.29) is 13.0 Å². The Kier molecular flexibility index (Phi) is 11.1. The maximum absolute atomic E-state index is 13.2. The molecule has 1 fully saturated rings. The fraction of sp³-hybridized carbons (Fsp3) is 0.441. The van der Waals surface area contributed by atoms with E-state index in [1.54, 1.807) is 25.4 Å². The van der Waals surface area contributed by atoms with Crippen LogP contribution in [0.1, 0.15) is 29.9 Å². The van der Waals surface area contributed by atoms with E-state index < -0.39 is 12.1 Å². The first-order valence-electron chi connectivity index (χ1n) is 15.4. The van der Waals surface area contributed by atoms with Crippen molar-refractivity contribution in [3.63, 3.8) is 0 Å². The van der Waals surface area contributed by atoms with Crippen LogP contribution in [0.2, 0.25) is 5.02 Å². The van der Waals surface area contributed by atoms with Gasteiger partial charge < -0.3 is 23.8 Å². The lowest BCUT2D eigenvalue weighted by molar-refractivity contribution is -0.151. The Bertz CT molecular complexity index is 1620. The highest BCUT2D eigenvalue weighted by atomic mass is 35.5. The van der Waals surface area contributed by atoms with Crippen LogP contribution in [0.4, 0.5) is 0 Å². The van der Waals surface area contributed by atoms with E-state index in [1.807, 2.05) is 43.3 Å². The molecule has 0 radical (unpaired) electrons. The predicted octanol–water partition coefficient (Wildman–Crippen LogP) is 6.07. The lowest BCUT2D eigenvalue weighted by Crippen LogP contribution is -2.45. The molecule has 4 aromatic rings. The smallest absolute Gasteiger partial charge is 0.347 e. The summed E-state index contributed by atoms with van der Waals surface area (Å²) in [7, 11) is 3.76. The van der Waals surface area contributed by atoms with Gasteiger partial charge in [0, 0.05) is 49.6 Å². The third kappa shape index (κ3) is 7.52. The maximum Gasteiger partial charge on any atom is 0.347 e. The molecule has 45 heavy (non-hydrogen) atoms. The number of aryl methyl sites for hydroxylation is 1. The van der Waals surface area contributed by atoms with Gasteiger partial charge in [0.25, 0.3) is 0 Å². The van der Waals surface area contributed by atoms with Crippen LogP contribution in [0.3, 0.4) is 0 Å². The summed E-state index contributed by atoms with van der Waals surface area (Å²) in [4.78, 5) is 28.9. The van der Waals surface area contributed by atoms with Gasteiger partial charge in [0.05, 0.1) is 24.1 Å². The standard InChI is InChI=1S/C34H41ClN4O5S/c1-6-28-29(24-12-13-26(31(35)22(24)3)43-19-18-39-16-14-38(4)15-17-39)30-32(36-21-37-33(30)45-28)44-27(34(40)42-7-2)20-23-10-8-9-11-25(23)41-5/h8-13,21,27H,6-7,14-20H2,1-5H3/t27-/m1/s1. The van der Waals surface area contributed by atoms with Gasteiger partial charge in [0.2, 0.25) is 12.0 Å². The van der Waals surface area contributed by atoms with E-state index in [2.05, 4.69) is 33.7 Å². The van der Waals surface area contributed by atoms with Crippen LogP contribution in [-0.4, -0.2) is 91.9 Å². The highest BCUT2D eigenvalue weighted by Gasteiger charge is 2.28. The molecule has 3 heterocycles. The Hall–Kier alpha value is -3.44. The van der Waals surface area contributed by atoms with Crippen molar-refractivity contribution in [3.8, 4) is 28.5 Å². The number of hydrogen-bond donors (Lipinski definition) is 0. The first kappa shape index (κ1) is 32.9. The summed E-state index contributed by atoms with van der Waals surface area (Å²) < 4.78 is 23.6. The van der Waals surface area contributed by atoms with E-state index in [4.69, 9.17) is 30.5 Å². The van der Waals surface area contributed by atoms with Gasteiger partial charge in [-0.2, -0.15) is 0 Å². The van der Waals surface area contributed by atoms with Crippen LogP contribution in [0.5, 0.6) is 17.4 Å². The number of piperazine rings is 1. The summed E-state index contributed by atoms with van der Waals surface area (Å²) in [6.07, 6.45) is 1.55. The number of fused-ring (bicyclic) bond motifs is 1. The summed E-state index contributed by atoms with van der Waals surface area (Å²) in [6.45, 7) is 11.8. The third-order valence-electron chi connectivity index (χ3n) is 8.13. The number of hydrogen-bond acceptors (Lipinski definition) is 10. The topological polar surface area (TPSA) is 86.2 Å². The van der Waals surface area contributed by atoms with Crippen LogP contribution in [0.15, 0.2) is 42.7 Å². The van der Waals surface area contributed by atoms with Gasteiger partial charge in [0.15, 0.2) is 0 Å². The molecule has 2 aromatic heterocycles. The Morgan fingerprint density at radius 3 is 2.58 bits per heavy atom. The molecular weight excluding hydrogens is 612 g/mol. The quantitative estimate of drug-likeness (QED) is 0.160. The van der Waals surface area contributed by atoms with Gasteiger partial charge in [-0.15, -0.1) is 11.3 Å². The monoisotopic (exact) mass is 652 g/mol. The molecule has 0 amide bonds. The predicted molar refractivity (Wildman–Crippen MR) is 179 cm³/mol. The minimum atomic E-state index is -0.946.